The van der Waals surface area contributed by atoms with Gasteiger partial charge in [-0.1, -0.05) is 17.7 Å². The van der Waals surface area contributed by atoms with Gasteiger partial charge in [0.25, 0.3) is 0 Å². The summed E-state index contributed by atoms with van der Waals surface area (Å²) in [5.41, 5.74) is 1.43. The zero-order chi connectivity index (χ0) is 15.6. The Hall–Kier alpha value is -1.59. The minimum absolute atomic E-state index is 0.0489. The van der Waals surface area contributed by atoms with Gasteiger partial charge in [0.1, 0.15) is 11.8 Å². The molecule has 1 aromatic carbocycles. The number of likely N-dealkylation sites (N-methyl/N-ethyl adjacent to an activating group) is 1. The zero-order valence-electron chi connectivity index (χ0n) is 12.9. The van der Waals surface area contributed by atoms with E-state index >= 15 is 0 Å². The largest absolute Gasteiger partial charge is 0.508 e. The molecule has 1 heterocycles. The van der Waals surface area contributed by atoms with E-state index in [1.165, 1.54) is 0 Å². The first-order valence-electron chi connectivity index (χ1n) is 7.33. The van der Waals surface area contributed by atoms with Gasteiger partial charge in [-0.3, -0.25) is 9.69 Å². The van der Waals surface area contributed by atoms with Crippen molar-refractivity contribution in [2.75, 3.05) is 27.2 Å². The van der Waals surface area contributed by atoms with Crippen LogP contribution in [0.2, 0.25) is 0 Å². The van der Waals surface area contributed by atoms with Crippen LogP contribution in [0.15, 0.2) is 18.2 Å². The number of piperidine rings is 1. The van der Waals surface area contributed by atoms with Crippen molar-refractivity contribution < 1.29 is 15.0 Å². The Balaban J connectivity index is 2.26. The van der Waals surface area contributed by atoms with E-state index in [1.54, 1.807) is 18.2 Å². The van der Waals surface area contributed by atoms with Gasteiger partial charge in [0.05, 0.1) is 0 Å². The first-order chi connectivity index (χ1) is 9.90. The summed E-state index contributed by atoms with van der Waals surface area (Å²) in [6.45, 7) is 3.85. The van der Waals surface area contributed by atoms with Crippen LogP contribution in [0.4, 0.5) is 0 Å². The second-order valence-electron chi connectivity index (χ2n) is 6.00. The first-order valence-corrected chi connectivity index (χ1v) is 7.33. The predicted molar refractivity (Wildman–Crippen MR) is 81.5 cm³/mol. The van der Waals surface area contributed by atoms with Crippen LogP contribution in [0.3, 0.4) is 0 Å². The van der Waals surface area contributed by atoms with Crippen molar-refractivity contribution in [1.29, 1.82) is 0 Å². The van der Waals surface area contributed by atoms with Crippen LogP contribution in [0.25, 0.3) is 0 Å². The number of carboxylic acid groups (broad SMARTS) is 1. The zero-order valence-corrected chi connectivity index (χ0v) is 12.9. The summed E-state index contributed by atoms with van der Waals surface area (Å²) in [4.78, 5) is 15.9. The molecule has 1 fully saturated rings. The van der Waals surface area contributed by atoms with Crippen molar-refractivity contribution in [2.45, 2.75) is 31.8 Å². The smallest absolute Gasteiger partial charge is 0.325 e. The van der Waals surface area contributed by atoms with Gasteiger partial charge in [-0.05, 0) is 53.0 Å². The maximum atomic E-state index is 11.7. The number of hydrogen-bond donors (Lipinski definition) is 2. The molecule has 0 aliphatic carbocycles. The van der Waals surface area contributed by atoms with E-state index in [0.29, 0.717) is 5.56 Å². The Bertz CT molecular complexity index is 510. The molecule has 1 saturated heterocycles. The van der Waals surface area contributed by atoms with Gasteiger partial charge in [0.2, 0.25) is 0 Å². The van der Waals surface area contributed by atoms with Crippen LogP contribution in [0, 0.1) is 6.92 Å². The first kappa shape index (κ1) is 15.8. The highest BCUT2D eigenvalue weighted by Crippen LogP contribution is 2.32. The van der Waals surface area contributed by atoms with E-state index in [1.807, 2.05) is 18.9 Å². The number of benzene rings is 1. The van der Waals surface area contributed by atoms with Crippen LogP contribution in [0.5, 0.6) is 5.75 Å². The van der Waals surface area contributed by atoms with Gasteiger partial charge < -0.3 is 15.1 Å². The monoisotopic (exact) mass is 292 g/mol. The Morgan fingerprint density at radius 1 is 1.38 bits per heavy atom. The van der Waals surface area contributed by atoms with Crippen molar-refractivity contribution in [3.05, 3.63) is 29.3 Å². The summed E-state index contributed by atoms with van der Waals surface area (Å²) >= 11 is 0. The summed E-state index contributed by atoms with van der Waals surface area (Å²) in [5, 5.41) is 19.7. The third-order valence-corrected chi connectivity index (χ3v) is 4.38. The molecule has 1 aromatic rings. The number of aryl methyl sites for hydroxylation is 1. The molecule has 2 N–H and O–H groups in total. The molecule has 5 nitrogen and oxygen atoms in total. The molecule has 1 unspecified atom stereocenters. The van der Waals surface area contributed by atoms with E-state index in [2.05, 4.69) is 11.9 Å². The predicted octanol–water partition coefficient (Wildman–Crippen LogP) is 1.85. The Morgan fingerprint density at radius 2 is 2.00 bits per heavy atom. The number of aromatic hydroxyl groups is 1. The normalized spacial score (nSPS) is 18.9. The quantitative estimate of drug-likeness (QED) is 0.887. The molecule has 1 aliphatic heterocycles. The van der Waals surface area contributed by atoms with Gasteiger partial charge in [0, 0.05) is 11.6 Å². The minimum Gasteiger partial charge on any atom is -0.508 e. The maximum Gasteiger partial charge on any atom is 0.325 e. The Morgan fingerprint density at radius 3 is 2.57 bits per heavy atom. The number of phenolic OH excluding ortho intramolecular Hbond substituents is 1. The lowest BCUT2D eigenvalue weighted by Gasteiger charge is -2.38. The number of hydrogen-bond acceptors (Lipinski definition) is 4. The molecule has 0 spiro atoms. The van der Waals surface area contributed by atoms with Crippen molar-refractivity contribution >= 4 is 5.97 Å². The topological polar surface area (TPSA) is 64.0 Å². The van der Waals surface area contributed by atoms with Gasteiger partial charge in [-0.2, -0.15) is 0 Å². The van der Waals surface area contributed by atoms with Gasteiger partial charge in [-0.25, -0.2) is 0 Å². The number of likely N-dealkylation sites (tertiary alicyclic amines) is 1. The maximum absolute atomic E-state index is 11.7. The molecular weight excluding hydrogens is 268 g/mol. The van der Waals surface area contributed by atoms with Crippen LogP contribution in [-0.4, -0.2) is 59.2 Å². The van der Waals surface area contributed by atoms with E-state index in [4.69, 9.17) is 0 Å². The molecule has 1 atom stereocenters. The molecule has 2 rings (SSSR count). The molecule has 0 saturated carbocycles. The summed E-state index contributed by atoms with van der Waals surface area (Å²) in [5.74, 6) is -0.870. The fourth-order valence-corrected chi connectivity index (χ4v) is 3.03. The molecule has 0 aromatic heterocycles. The number of carboxylic acids is 1. The lowest BCUT2D eigenvalue weighted by atomic mass is 9.97. The fraction of sp³-hybridized carbons (Fsp3) is 0.562. The van der Waals surface area contributed by atoms with Crippen LogP contribution < -0.4 is 0 Å². The highest BCUT2D eigenvalue weighted by Gasteiger charge is 2.33. The summed E-state index contributed by atoms with van der Waals surface area (Å²) in [6, 6.07) is 4.54. The van der Waals surface area contributed by atoms with Crippen LogP contribution in [-0.2, 0) is 4.79 Å². The number of aliphatic carboxylic acids is 1. The molecule has 0 amide bonds. The highest BCUT2D eigenvalue weighted by molar-refractivity contribution is 5.76. The van der Waals surface area contributed by atoms with Crippen molar-refractivity contribution in [2.24, 2.45) is 0 Å². The number of carbonyl (C=O) groups is 1. The van der Waals surface area contributed by atoms with E-state index in [-0.39, 0.29) is 11.8 Å². The standard InChI is InChI=1S/C16H24N2O3/c1-11-4-5-14(19)13(10-11)15(16(20)21)18(3)12-6-8-17(2)9-7-12/h4-5,10,12,15,19H,6-9H2,1-3H3,(H,20,21). The number of nitrogens with zero attached hydrogens (tertiary/aromatic N) is 2. The molecule has 0 bridgehead atoms. The Labute approximate surface area is 125 Å². The average Bonchev–Trinajstić information content (AvgIpc) is 2.43. The minimum atomic E-state index is -0.919. The number of rotatable bonds is 4. The lowest BCUT2D eigenvalue weighted by Crippen LogP contribution is -2.45. The van der Waals surface area contributed by atoms with E-state index in [9.17, 15) is 15.0 Å². The van der Waals surface area contributed by atoms with Crippen molar-refractivity contribution in [1.82, 2.24) is 9.80 Å². The molecule has 116 valence electrons. The Kier molecular flexibility index (Phi) is 4.85. The van der Waals surface area contributed by atoms with Crippen molar-refractivity contribution in [3.8, 4) is 5.75 Å². The SMILES string of the molecule is Cc1ccc(O)c(C(C(=O)O)N(C)C2CCN(C)CC2)c1. The molecule has 0 radical (unpaired) electrons. The van der Waals surface area contributed by atoms with Gasteiger partial charge in [-0.15, -0.1) is 0 Å². The summed E-state index contributed by atoms with van der Waals surface area (Å²) in [6.07, 6.45) is 1.90. The number of phenols is 1. The summed E-state index contributed by atoms with van der Waals surface area (Å²) < 4.78 is 0. The van der Waals surface area contributed by atoms with E-state index < -0.39 is 12.0 Å². The fourth-order valence-electron chi connectivity index (χ4n) is 3.03. The lowest BCUT2D eigenvalue weighted by molar-refractivity contribution is -0.144. The molecular formula is C16H24N2O3. The molecule has 21 heavy (non-hydrogen) atoms. The van der Waals surface area contributed by atoms with Gasteiger partial charge in [0.15, 0.2) is 0 Å². The molecule has 1 aliphatic rings. The highest BCUT2D eigenvalue weighted by atomic mass is 16.4. The second kappa shape index (κ2) is 6.45. The third kappa shape index (κ3) is 3.54. The van der Waals surface area contributed by atoms with Crippen LogP contribution in [0.1, 0.15) is 30.0 Å². The summed E-state index contributed by atoms with van der Waals surface area (Å²) in [7, 11) is 3.92. The third-order valence-electron chi connectivity index (χ3n) is 4.38. The van der Waals surface area contributed by atoms with E-state index in [0.717, 1.165) is 31.5 Å². The van der Waals surface area contributed by atoms with Crippen LogP contribution >= 0.6 is 0 Å². The van der Waals surface area contributed by atoms with Crippen molar-refractivity contribution in [3.63, 3.8) is 0 Å². The average molecular weight is 292 g/mol. The molecule has 5 heteroatoms. The second-order valence-corrected chi connectivity index (χ2v) is 6.00. The van der Waals surface area contributed by atoms with Gasteiger partial charge >= 0.3 is 5.97 Å².